The molecule has 5 nitrogen and oxygen atoms in total. The molecule has 2 aliphatic rings. The fraction of sp³-hybridized carbons (Fsp3) is 0.208. The first-order valence-corrected chi connectivity index (χ1v) is 9.53. The van der Waals surface area contributed by atoms with Crippen LogP contribution >= 0.6 is 0 Å². The average Bonchev–Trinajstić information content (AvgIpc) is 3.00. The van der Waals surface area contributed by atoms with Crippen LogP contribution in [0.15, 0.2) is 60.7 Å². The predicted molar refractivity (Wildman–Crippen MR) is 107 cm³/mol. The number of hydrogen-bond donors (Lipinski definition) is 0. The lowest BCUT2D eigenvalue weighted by Crippen LogP contribution is -2.33. The minimum absolute atomic E-state index is 0.0306. The van der Waals surface area contributed by atoms with Crippen LogP contribution in [0.2, 0.25) is 0 Å². The van der Waals surface area contributed by atoms with Crippen LogP contribution in [0.5, 0.6) is 23.0 Å². The maximum atomic E-state index is 12.8. The zero-order valence-corrected chi connectivity index (χ0v) is 16.4. The molecule has 0 aromatic heterocycles. The molecule has 2 heterocycles. The van der Waals surface area contributed by atoms with Crippen molar-refractivity contribution in [1.82, 2.24) is 0 Å². The van der Waals surface area contributed by atoms with Crippen LogP contribution < -0.4 is 14.2 Å². The SMILES string of the molecule is COc1ccc2c(c1)Oc1cc(OC(C)C)ccc1C21OC(=O)c2ccccc21. The van der Waals surface area contributed by atoms with Crippen molar-refractivity contribution in [2.45, 2.75) is 25.6 Å². The van der Waals surface area contributed by atoms with Gasteiger partial charge in [0.2, 0.25) is 0 Å². The van der Waals surface area contributed by atoms with E-state index in [2.05, 4.69) is 0 Å². The normalized spacial score (nSPS) is 18.6. The minimum Gasteiger partial charge on any atom is -0.497 e. The molecule has 29 heavy (non-hydrogen) atoms. The Bertz CT molecular complexity index is 1130. The van der Waals surface area contributed by atoms with Crippen molar-refractivity contribution in [1.29, 1.82) is 0 Å². The topological polar surface area (TPSA) is 54.0 Å². The van der Waals surface area contributed by atoms with Crippen molar-refractivity contribution in [3.05, 3.63) is 82.9 Å². The smallest absolute Gasteiger partial charge is 0.340 e. The number of methoxy groups -OCH3 is 1. The molecule has 5 rings (SSSR count). The Morgan fingerprint density at radius 2 is 1.52 bits per heavy atom. The second kappa shape index (κ2) is 6.27. The summed E-state index contributed by atoms with van der Waals surface area (Å²) in [4.78, 5) is 12.8. The number of carbonyl (C=O) groups is 1. The lowest BCUT2D eigenvalue weighted by Gasteiger charge is -2.36. The quantitative estimate of drug-likeness (QED) is 0.588. The standard InChI is InChI=1S/C24H20O5/c1-14(2)27-16-9-11-20-22(13-16)28-21-12-15(26-3)8-10-19(21)24(20)18-7-5-4-6-17(18)23(25)29-24/h4-14H,1-3H3. The number of esters is 1. The first-order valence-electron chi connectivity index (χ1n) is 9.53. The molecule has 5 heteroatoms. The Morgan fingerprint density at radius 3 is 2.21 bits per heavy atom. The average molecular weight is 388 g/mol. The third-order valence-electron chi connectivity index (χ3n) is 5.26. The summed E-state index contributed by atoms with van der Waals surface area (Å²) in [5.74, 6) is 2.18. The van der Waals surface area contributed by atoms with Gasteiger partial charge in [0, 0.05) is 28.8 Å². The van der Waals surface area contributed by atoms with Gasteiger partial charge in [0.25, 0.3) is 0 Å². The largest absolute Gasteiger partial charge is 0.497 e. The van der Waals surface area contributed by atoms with Crippen molar-refractivity contribution < 1.29 is 23.7 Å². The number of rotatable bonds is 3. The van der Waals surface area contributed by atoms with E-state index in [1.807, 2.05) is 68.4 Å². The summed E-state index contributed by atoms with van der Waals surface area (Å²) in [5.41, 5.74) is 1.83. The molecule has 0 N–H and O–H groups in total. The fourth-order valence-corrected chi connectivity index (χ4v) is 4.11. The fourth-order valence-electron chi connectivity index (χ4n) is 4.11. The molecule has 0 bridgehead atoms. The maximum Gasteiger partial charge on any atom is 0.340 e. The number of carbonyl (C=O) groups excluding carboxylic acids is 1. The summed E-state index contributed by atoms with van der Waals surface area (Å²) >= 11 is 0. The predicted octanol–water partition coefficient (Wildman–Crippen LogP) is 5.05. The van der Waals surface area contributed by atoms with Crippen molar-refractivity contribution in [2.75, 3.05) is 7.11 Å². The number of hydrogen-bond acceptors (Lipinski definition) is 5. The first-order chi connectivity index (χ1) is 14.0. The van der Waals surface area contributed by atoms with Gasteiger partial charge in [-0.25, -0.2) is 4.79 Å². The van der Waals surface area contributed by atoms with Gasteiger partial charge in [0.05, 0.1) is 18.8 Å². The zero-order valence-electron chi connectivity index (χ0n) is 16.4. The molecular weight excluding hydrogens is 368 g/mol. The molecule has 0 saturated heterocycles. The van der Waals surface area contributed by atoms with E-state index in [1.54, 1.807) is 13.2 Å². The van der Waals surface area contributed by atoms with Crippen molar-refractivity contribution in [2.24, 2.45) is 0 Å². The molecule has 0 fully saturated rings. The second-order valence-electron chi connectivity index (χ2n) is 7.41. The summed E-state index contributed by atoms with van der Waals surface area (Å²) in [6, 6.07) is 18.7. The molecule has 0 amide bonds. The van der Waals surface area contributed by atoms with Crippen LogP contribution in [0.1, 0.15) is 40.9 Å². The Balaban J connectivity index is 1.79. The van der Waals surface area contributed by atoms with E-state index in [-0.39, 0.29) is 12.1 Å². The third-order valence-corrected chi connectivity index (χ3v) is 5.26. The van der Waals surface area contributed by atoms with Crippen molar-refractivity contribution >= 4 is 5.97 Å². The zero-order chi connectivity index (χ0) is 20.2. The highest BCUT2D eigenvalue weighted by Gasteiger charge is 2.53. The van der Waals surface area contributed by atoms with Gasteiger partial charge in [-0.15, -0.1) is 0 Å². The maximum absolute atomic E-state index is 12.8. The van der Waals surface area contributed by atoms with Gasteiger partial charge in [-0.3, -0.25) is 0 Å². The Morgan fingerprint density at radius 1 is 0.862 bits per heavy atom. The van der Waals surface area contributed by atoms with E-state index in [4.69, 9.17) is 18.9 Å². The molecule has 2 aliphatic heterocycles. The van der Waals surface area contributed by atoms with E-state index in [0.29, 0.717) is 28.6 Å². The van der Waals surface area contributed by atoms with Gasteiger partial charge in [0.1, 0.15) is 23.0 Å². The summed E-state index contributed by atoms with van der Waals surface area (Å²) in [6.45, 7) is 3.94. The van der Waals surface area contributed by atoms with Crippen LogP contribution in [0.4, 0.5) is 0 Å². The molecule has 1 unspecified atom stereocenters. The molecule has 0 radical (unpaired) electrons. The van der Waals surface area contributed by atoms with E-state index in [9.17, 15) is 4.79 Å². The summed E-state index contributed by atoms with van der Waals surface area (Å²) in [6.07, 6.45) is 0.0306. The third kappa shape index (κ3) is 2.50. The highest BCUT2D eigenvalue weighted by Crippen LogP contribution is 2.56. The summed E-state index contributed by atoms with van der Waals surface area (Å²) in [5, 5.41) is 0. The number of ether oxygens (including phenoxy) is 4. The Kier molecular flexibility index (Phi) is 3.81. The van der Waals surface area contributed by atoms with E-state index < -0.39 is 5.60 Å². The lowest BCUT2D eigenvalue weighted by molar-refractivity contribution is 0.0224. The van der Waals surface area contributed by atoms with Crippen LogP contribution in [0, 0.1) is 0 Å². The molecule has 0 aliphatic carbocycles. The molecule has 3 aromatic carbocycles. The number of benzene rings is 3. The van der Waals surface area contributed by atoms with Gasteiger partial charge in [-0.1, -0.05) is 18.2 Å². The van der Waals surface area contributed by atoms with Gasteiger partial charge in [-0.05, 0) is 44.2 Å². The molecule has 0 saturated carbocycles. The van der Waals surface area contributed by atoms with Crippen molar-refractivity contribution in [3.8, 4) is 23.0 Å². The molecule has 3 aromatic rings. The minimum atomic E-state index is -1.07. The van der Waals surface area contributed by atoms with Crippen LogP contribution in [-0.2, 0) is 10.3 Å². The molecule has 1 spiro atoms. The van der Waals surface area contributed by atoms with Crippen molar-refractivity contribution in [3.63, 3.8) is 0 Å². The molecule has 1 atom stereocenters. The van der Waals surface area contributed by atoms with Gasteiger partial charge in [-0.2, -0.15) is 0 Å². The first kappa shape index (κ1) is 17.6. The van der Waals surface area contributed by atoms with Crippen LogP contribution in [-0.4, -0.2) is 19.2 Å². The van der Waals surface area contributed by atoms with E-state index in [0.717, 1.165) is 16.7 Å². The summed E-state index contributed by atoms with van der Waals surface area (Å²) in [7, 11) is 1.60. The highest BCUT2D eigenvalue weighted by atomic mass is 16.6. The number of fused-ring (bicyclic) bond motifs is 6. The Hall–Kier alpha value is -3.47. The highest BCUT2D eigenvalue weighted by molar-refractivity contribution is 5.97. The summed E-state index contributed by atoms with van der Waals surface area (Å²) < 4.78 is 23.6. The van der Waals surface area contributed by atoms with Gasteiger partial charge in [0.15, 0.2) is 5.60 Å². The Labute approximate surface area is 168 Å². The van der Waals surface area contributed by atoms with Gasteiger partial charge < -0.3 is 18.9 Å². The molecule has 146 valence electrons. The molecular formula is C24H20O5. The second-order valence-corrected chi connectivity index (χ2v) is 7.41. The van der Waals surface area contributed by atoms with E-state index in [1.165, 1.54) is 0 Å². The monoisotopic (exact) mass is 388 g/mol. The van der Waals surface area contributed by atoms with Crippen LogP contribution in [0.25, 0.3) is 0 Å². The van der Waals surface area contributed by atoms with Crippen LogP contribution in [0.3, 0.4) is 0 Å². The lowest BCUT2D eigenvalue weighted by atomic mass is 9.77. The van der Waals surface area contributed by atoms with E-state index >= 15 is 0 Å². The van der Waals surface area contributed by atoms with Gasteiger partial charge >= 0.3 is 5.97 Å².